The minimum atomic E-state index is 0.0304. The molecule has 1 amide bonds. The molecule has 3 aromatic heterocycles. The number of rotatable bonds is 3. The van der Waals surface area contributed by atoms with Crippen LogP contribution in [-0.4, -0.2) is 41.7 Å². The number of amides is 1. The SMILES string of the molecule is Cc1cnn(CC(=O)N2CCCC[C@H]2c2ccn3nccc3n2)c1. The fraction of sp³-hybridized carbons (Fsp3) is 0.412. The van der Waals surface area contributed by atoms with Gasteiger partial charge in [0.15, 0.2) is 5.65 Å². The highest BCUT2D eigenvalue weighted by molar-refractivity contribution is 5.76. The highest BCUT2D eigenvalue weighted by Crippen LogP contribution is 2.30. The summed E-state index contributed by atoms with van der Waals surface area (Å²) in [5, 5.41) is 8.40. The Hall–Kier alpha value is -2.70. The summed E-state index contributed by atoms with van der Waals surface area (Å²) in [6.07, 6.45) is 10.4. The smallest absolute Gasteiger partial charge is 0.244 e. The molecule has 0 aromatic carbocycles. The maximum absolute atomic E-state index is 12.8. The van der Waals surface area contributed by atoms with Crippen LogP contribution >= 0.6 is 0 Å². The van der Waals surface area contributed by atoms with Crippen LogP contribution in [0.1, 0.15) is 36.6 Å². The third kappa shape index (κ3) is 2.77. The van der Waals surface area contributed by atoms with Crippen molar-refractivity contribution in [3.63, 3.8) is 0 Å². The Morgan fingerprint density at radius 2 is 2.21 bits per heavy atom. The standard InChI is InChI=1S/C17H20N6O/c1-13-10-19-21(11-13)12-17(24)22-8-3-2-4-15(22)14-6-9-23-16(20-14)5-7-18-23/h5-7,9-11,15H,2-4,8,12H2,1H3/t15-/m0/s1. The number of likely N-dealkylation sites (tertiary alicyclic amines) is 1. The van der Waals surface area contributed by atoms with Gasteiger partial charge in [0.25, 0.3) is 0 Å². The number of carbonyl (C=O) groups excluding carboxylic acids is 1. The van der Waals surface area contributed by atoms with Gasteiger partial charge in [-0.3, -0.25) is 9.48 Å². The first-order chi connectivity index (χ1) is 11.7. The molecule has 0 aliphatic carbocycles. The molecule has 4 rings (SSSR count). The number of hydrogen-bond donors (Lipinski definition) is 0. The summed E-state index contributed by atoms with van der Waals surface area (Å²) in [5.41, 5.74) is 2.81. The Labute approximate surface area is 139 Å². The molecule has 1 aliphatic rings. The fourth-order valence-electron chi connectivity index (χ4n) is 3.33. The van der Waals surface area contributed by atoms with E-state index in [-0.39, 0.29) is 18.5 Å². The van der Waals surface area contributed by atoms with E-state index in [4.69, 9.17) is 0 Å². The van der Waals surface area contributed by atoms with E-state index >= 15 is 0 Å². The topological polar surface area (TPSA) is 68.3 Å². The number of piperidine rings is 1. The summed E-state index contributed by atoms with van der Waals surface area (Å²) in [7, 11) is 0. The van der Waals surface area contributed by atoms with E-state index in [1.54, 1.807) is 21.6 Å². The van der Waals surface area contributed by atoms with Crippen molar-refractivity contribution in [3.05, 3.63) is 48.2 Å². The summed E-state index contributed by atoms with van der Waals surface area (Å²) in [5.74, 6) is 0.0954. The van der Waals surface area contributed by atoms with Crippen LogP contribution in [0.15, 0.2) is 36.9 Å². The van der Waals surface area contributed by atoms with E-state index in [1.807, 2.05) is 36.4 Å². The molecule has 0 unspecified atom stereocenters. The van der Waals surface area contributed by atoms with Gasteiger partial charge in [0.2, 0.25) is 5.91 Å². The molecule has 3 aromatic rings. The number of carbonyl (C=O) groups is 1. The molecule has 1 fully saturated rings. The number of hydrogen-bond acceptors (Lipinski definition) is 4. The van der Waals surface area contributed by atoms with Crippen LogP contribution < -0.4 is 0 Å². The van der Waals surface area contributed by atoms with Crippen molar-refractivity contribution >= 4 is 11.6 Å². The molecule has 0 spiro atoms. The second kappa shape index (κ2) is 6.07. The number of nitrogens with zero attached hydrogens (tertiary/aromatic N) is 6. The first-order valence-electron chi connectivity index (χ1n) is 8.29. The molecule has 0 bridgehead atoms. The van der Waals surface area contributed by atoms with Crippen molar-refractivity contribution in [3.8, 4) is 0 Å². The molecular formula is C17H20N6O. The number of aromatic nitrogens is 5. The van der Waals surface area contributed by atoms with Gasteiger partial charge in [-0.15, -0.1) is 0 Å². The van der Waals surface area contributed by atoms with Gasteiger partial charge in [-0.1, -0.05) is 0 Å². The zero-order valence-corrected chi connectivity index (χ0v) is 13.7. The van der Waals surface area contributed by atoms with Gasteiger partial charge in [0.1, 0.15) is 6.54 Å². The predicted octanol–water partition coefficient (Wildman–Crippen LogP) is 1.99. The van der Waals surface area contributed by atoms with Crippen LogP contribution in [0.25, 0.3) is 5.65 Å². The third-order valence-electron chi connectivity index (χ3n) is 4.50. The zero-order valence-electron chi connectivity index (χ0n) is 13.7. The van der Waals surface area contributed by atoms with Crippen molar-refractivity contribution in [2.24, 2.45) is 0 Å². The molecule has 7 nitrogen and oxygen atoms in total. The van der Waals surface area contributed by atoms with Gasteiger partial charge in [-0.2, -0.15) is 10.2 Å². The highest BCUT2D eigenvalue weighted by Gasteiger charge is 2.29. The van der Waals surface area contributed by atoms with Crippen molar-refractivity contribution in [1.29, 1.82) is 0 Å². The lowest BCUT2D eigenvalue weighted by atomic mass is 9.99. The van der Waals surface area contributed by atoms with Crippen LogP contribution in [0.4, 0.5) is 0 Å². The summed E-state index contributed by atoms with van der Waals surface area (Å²) >= 11 is 0. The van der Waals surface area contributed by atoms with Crippen molar-refractivity contribution < 1.29 is 4.79 Å². The summed E-state index contributed by atoms with van der Waals surface area (Å²) in [4.78, 5) is 19.4. The Bertz CT molecular complexity index is 867. The summed E-state index contributed by atoms with van der Waals surface area (Å²) in [6, 6.07) is 3.88. The van der Waals surface area contributed by atoms with E-state index in [1.165, 1.54) is 0 Å². The molecule has 1 saturated heterocycles. The van der Waals surface area contributed by atoms with Crippen molar-refractivity contribution in [1.82, 2.24) is 29.3 Å². The van der Waals surface area contributed by atoms with Gasteiger partial charge < -0.3 is 4.90 Å². The quantitative estimate of drug-likeness (QED) is 0.739. The molecular weight excluding hydrogens is 304 g/mol. The minimum absolute atomic E-state index is 0.0304. The minimum Gasteiger partial charge on any atom is -0.332 e. The van der Waals surface area contributed by atoms with Crippen molar-refractivity contribution in [2.45, 2.75) is 38.8 Å². The van der Waals surface area contributed by atoms with Gasteiger partial charge in [-0.25, -0.2) is 9.50 Å². The molecule has 1 aliphatic heterocycles. The van der Waals surface area contributed by atoms with E-state index in [0.717, 1.165) is 42.7 Å². The average Bonchev–Trinajstić information content (AvgIpc) is 3.22. The lowest BCUT2D eigenvalue weighted by Gasteiger charge is -2.35. The molecule has 7 heteroatoms. The Morgan fingerprint density at radius 1 is 1.29 bits per heavy atom. The van der Waals surface area contributed by atoms with Crippen LogP contribution in [0.5, 0.6) is 0 Å². The van der Waals surface area contributed by atoms with Gasteiger partial charge in [0.05, 0.1) is 24.1 Å². The van der Waals surface area contributed by atoms with Crippen LogP contribution in [0, 0.1) is 6.92 Å². The molecule has 4 heterocycles. The number of fused-ring (bicyclic) bond motifs is 1. The predicted molar refractivity (Wildman–Crippen MR) is 88.3 cm³/mol. The fourth-order valence-corrected chi connectivity index (χ4v) is 3.33. The van der Waals surface area contributed by atoms with Crippen molar-refractivity contribution in [2.75, 3.05) is 6.54 Å². The maximum Gasteiger partial charge on any atom is 0.244 e. The molecule has 124 valence electrons. The summed E-state index contributed by atoms with van der Waals surface area (Å²) in [6.45, 7) is 3.03. The van der Waals surface area contributed by atoms with Crippen LogP contribution in [0.3, 0.4) is 0 Å². The Balaban J connectivity index is 1.58. The Morgan fingerprint density at radius 3 is 3.04 bits per heavy atom. The second-order valence-corrected chi connectivity index (χ2v) is 6.30. The van der Waals surface area contributed by atoms with E-state index in [9.17, 15) is 4.79 Å². The molecule has 1 atom stereocenters. The van der Waals surface area contributed by atoms with Crippen LogP contribution in [0.2, 0.25) is 0 Å². The zero-order chi connectivity index (χ0) is 16.5. The maximum atomic E-state index is 12.8. The average molecular weight is 324 g/mol. The first kappa shape index (κ1) is 14.9. The normalized spacial score (nSPS) is 18.2. The Kier molecular flexibility index (Phi) is 3.76. The number of aryl methyl sites for hydroxylation is 1. The van der Waals surface area contributed by atoms with E-state index in [0.29, 0.717) is 0 Å². The van der Waals surface area contributed by atoms with Gasteiger partial charge in [-0.05, 0) is 37.8 Å². The summed E-state index contributed by atoms with van der Waals surface area (Å²) < 4.78 is 3.45. The van der Waals surface area contributed by atoms with E-state index < -0.39 is 0 Å². The third-order valence-corrected chi connectivity index (χ3v) is 4.50. The van der Waals surface area contributed by atoms with Gasteiger partial charge >= 0.3 is 0 Å². The molecule has 24 heavy (non-hydrogen) atoms. The highest BCUT2D eigenvalue weighted by atomic mass is 16.2. The molecule has 0 N–H and O–H groups in total. The lowest BCUT2D eigenvalue weighted by Crippen LogP contribution is -2.40. The lowest BCUT2D eigenvalue weighted by molar-refractivity contribution is -0.136. The van der Waals surface area contributed by atoms with Gasteiger partial charge in [0, 0.05) is 25.0 Å². The molecule has 0 radical (unpaired) electrons. The molecule has 0 saturated carbocycles. The van der Waals surface area contributed by atoms with Crippen LogP contribution in [-0.2, 0) is 11.3 Å². The van der Waals surface area contributed by atoms with E-state index in [2.05, 4.69) is 15.2 Å². The first-order valence-corrected chi connectivity index (χ1v) is 8.29. The monoisotopic (exact) mass is 324 g/mol. The largest absolute Gasteiger partial charge is 0.332 e. The second-order valence-electron chi connectivity index (χ2n) is 6.30.